The van der Waals surface area contributed by atoms with E-state index in [0.717, 1.165) is 0 Å². The molecule has 1 aromatic heterocycles. The van der Waals surface area contributed by atoms with Crippen molar-refractivity contribution in [1.82, 2.24) is 10.2 Å². The normalized spacial score (nSPS) is 11.9. The van der Waals surface area contributed by atoms with Crippen LogP contribution in [0.15, 0.2) is 12.1 Å². The van der Waals surface area contributed by atoms with E-state index in [9.17, 15) is 17.6 Å². The van der Waals surface area contributed by atoms with Crippen molar-refractivity contribution in [1.29, 1.82) is 0 Å². The SMILES string of the molecule is NCc1ccc(OCC(F)(F)C(F)F)nn1. The van der Waals surface area contributed by atoms with Crippen LogP contribution in [0, 0.1) is 0 Å². The Kier molecular flexibility index (Phi) is 3.99. The highest BCUT2D eigenvalue weighted by Gasteiger charge is 2.41. The van der Waals surface area contributed by atoms with E-state index in [2.05, 4.69) is 14.9 Å². The maximum atomic E-state index is 12.4. The van der Waals surface area contributed by atoms with Gasteiger partial charge in [0.25, 0.3) is 0 Å². The molecule has 1 rings (SSSR count). The molecular formula is C8H9F4N3O. The summed E-state index contributed by atoms with van der Waals surface area (Å²) in [5.41, 5.74) is 5.66. The van der Waals surface area contributed by atoms with Crippen LogP contribution in [-0.4, -0.2) is 29.2 Å². The molecule has 90 valence electrons. The summed E-state index contributed by atoms with van der Waals surface area (Å²) in [7, 11) is 0. The van der Waals surface area contributed by atoms with Crippen molar-refractivity contribution in [2.24, 2.45) is 5.73 Å². The van der Waals surface area contributed by atoms with Gasteiger partial charge in [-0.1, -0.05) is 0 Å². The van der Waals surface area contributed by atoms with Gasteiger partial charge in [0.15, 0.2) is 6.61 Å². The maximum absolute atomic E-state index is 12.4. The van der Waals surface area contributed by atoms with E-state index < -0.39 is 19.0 Å². The Morgan fingerprint density at radius 2 is 2.00 bits per heavy atom. The lowest BCUT2D eigenvalue weighted by molar-refractivity contribution is -0.148. The average molecular weight is 239 g/mol. The van der Waals surface area contributed by atoms with Gasteiger partial charge in [-0.3, -0.25) is 0 Å². The molecule has 0 fully saturated rings. The topological polar surface area (TPSA) is 61.0 Å². The highest BCUT2D eigenvalue weighted by atomic mass is 19.3. The monoisotopic (exact) mass is 239 g/mol. The van der Waals surface area contributed by atoms with Gasteiger partial charge in [0.1, 0.15) is 0 Å². The Hall–Kier alpha value is -1.44. The molecule has 0 aliphatic carbocycles. The van der Waals surface area contributed by atoms with Crippen molar-refractivity contribution >= 4 is 0 Å². The molecule has 2 N–H and O–H groups in total. The summed E-state index contributed by atoms with van der Waals surface area (Å²) in [4.78, 5) is 0. The molecule has 0 aliphatic heterocycles. The van der Waals surface area contributed by atoms with Crippen molar-refractivity contribution < 1.29 is 22.3 Å². The summed E-state index contributed by atoms with van der Waals surface area (Å²) in [5, 5.41) is 6.89. The number of hydrogen-bond donors (Lipinski definition) is 1. The standard InChI is InChI=1S/C8H9F4N3O/c9-7(10)8(11,12)4-16-6-2-1-5(3-13)14-15-6/h1-2,7H,3-4,13H2. The number of alkyl halides is 4. The Balaban J connectivity index is 2.54. The second-order valence-corrected chi connectivity index (χ2v) is 2.92. The minimum Gasteiger partial charge on any atom is -0.470 e. The maximum Gasteiger partial charge on any atom is 0.340 e. The number of aromatic nitrogens is 2. The van der Waals surface area contributed by atoms with Crippen molar-refractivity contribution in [2.75, 3.05) is 6.61 Å². The average Bonchev–Trinajstić information content (AvgIpc) is 2.27. The molecule has 0 aromatic carbocycles. The van der Waals surface area contributed by atoms with E-state index in [1.165, 1.54) is 12.1 Å². The first-order valence-corrected chi connectivity index (χ1v) is 4.27. The van der Waals surface area contributed by atoms with E-state index in [4.69, 9.17) is 5.73 Å². The fraction of sp³-hybridized carbons (Fsp3) is 0.500. The molecular weight excluding hydrogens is 230 g/mol. The molecule has 0 radical (unpaired) electrons. The first kappa shape index (κ1) is 12.6. The molecule has 0 bridgehead atoms. The highest BCUT2D eigenvalue weighted by Crippen LogP contribution is 2.23. The molecule has 16 heavy (non-hydrogen) atoms. The van der Waals surface area contributed by atoms with Crippen LogP contribution in [0.1, 0.15) is 5.69 Å². The fourth-order valence-electron chi connectivity index (χ4n) is 0.767. The molecule has 1 heterocycles. The molecule has 0 saturated carbocycles. The molecule has 8 heteroatoms. The minimum atomic E-state index is -4.20. The van der Waals surface area contributed by atoms with Crippen molar-refractivity contribution in [3.8, 4) is 5.88 Å². The zero-order valence-electron chi connectivity index (χ0n) is 8.04. The molecule has 0 aliphatic rings. The van der Waals surface area contributed by atoms with Gasteiger partial charge in [-0.2, -0.15) is 13.9 Å². The Morgan fingerprint density at radius 3 is 2.44 bits per heavy atom. The number of rotatable bonds is 5. The van der Waals surface area contributed by atoms with Gasteiger partial charge in [-0.05, 0) is 6.07 Å². The molecule has 0 unspecified atom stereocenters. The first-order chi connectivity index (χ1) is 7.45. The zero-order chi connectivity index (χ0) is 12.2. The van der Waals surface area contributed by atoms with Gasteiger partial charge < -0.3 is 10.5 Å². The van der Waals surface area contributed by atoms with Crippen LogP contribution in [0.5, 0.6) is 5.88 Å². The predicted molar refractivity (Wildman–Crippen MR) is 46.4 cm³/mol. The van der Waals surface area contributed by atoms with Gasteiger partial charge in [-0.15, -0.1) is 5.10 Å². The summed E-state index contributed by atoms with van der Waals surface area (Å²) in [6, 6.07) is 2.64. The van der Waals surface area contributed by atoms with Crippen LogP contribution in [0.3, 0.4) is 0 Å². The first-order valence-electron chi connectivity index (χ1n) is 4.27. The fourth-order valence-corrected chi connectivity index (χ4v) is 0.767. The number of nitrogens with two attached hydrogens (primary N) is 1. The lowest BCUT2D eigenvalue weighted by atomic mass is 10.4. The van der Waals surface area contributed by atoms with Crippen LogP contribution in [-0.2, 0) is 6.54 Å². The Bertz CT molecular complexity index is 331. The smallest absolute Gasteiger partial charge is 0.340 e. The Labute approximate surface area is 88.4 Å². The number of halogens is 4. The predicted octanol–water partition coefficient (Wildman–Crippen LogP) is 1.21. The van der Waals surface area contributed by atoms with Crippen LogP contribution in [0.4, 0.5) is 17.6 Å². The van der Waals surface area contributed by atoms with E-state index in [0.29, 0.717) is 5.69 Å². The van der Waals surface area contributed by atoms with Crippen LogP contribution < -0.4 is 10.5 Å². The molecule has 0 spiro atoms. The summed E-state index contributed by atoms with van der Waals surface area (Å²) in [6.07, 6.45) is -3.77. The van der Waals surface area contributed by atoms with Crippen LogP contribution in [0.2, 0.25) is 0 Å². The molecule has 1 aromatic rings. The molecule has 0 amide bonds. The van der Waals surface area contributed by atoms with Gasteiger partial charge >= 0.3 is 12.3 Å². The Morgan fingerprint density at radius 1 is 1.31 bits per heavy atom. The minimum absolute atomic E-state index is 0.139. The number of nitrogens with zero attached hydrogens (tertiary/aromatic N) is 2. The van der Waals surface area contributed by atoms with E-state index in [-0.39, 0.29) is 12.4 Å². The van der Waals surface area contributed by atoms with Crippen molar-refractivity contribution in [3.05, 3.63) is 17.8 Å². The summed E-state index contributed by atoms with van der Waals surface area (Å²) < 4.78 is 52.8. The van der Waals surface area contributed by atoms with Gasteiger partial charge in [0.05, 0.1) is 5.69 Å². The third-order valence-corrected chi connectivity index (χ3v) is 1.64. The van der Waals surface area contributed by atoms with Crippen LogP contribution >= 0.6 is 0 Å². The van der Waals surface area contributed by atoms with Gasteiger partial charge in [-0.25, -0.2) is 8.78 Å². The second-order valence-electron chi connectivity index (χ2n) is 2.92. The van der Waals surface area contributed by atoms with Gasteiger partial charge in [0, 0.05) is 12.6 Å². The summed E-state index contributed by atoms with van der Waals surface area (Å²) in [5.74, 6) is -4.45. The lowest BCUT2D eigenvalue weighted by Crippen LogP contribution is -2.33. The molecule has 4 nitrogen and oxygen atoms in total. The third kappa shape index (κ3) is 3.30. The second kappa shape index (κ2) is 5.06. The quantitative estimate of drug-likeness (QED) is 0.784. The van der Waals surface area contributed by atoms with E-state index in [1.807, 2.05) is 0 Å². The van der Waals surface area contributed by atoms with Crippen LogP contribution in [0.25, 0.3) is 0 Å². The van der Waals surface area contributed by atoms with Crippen molar-refractivity contribution in [2.45, 2.75) is 18.9 Å². The molecule has 0 saturated heterocycles. The van der Waals surface area contributed by atoms with Crippen molar-refractivity contribution in [3.63, 3.8) is 0 Å². The third-order valence-electron chi connectivity index (χ3n) is 1.64. The zero-order valence-corrected chi connectivity index (χ0v) is 8.04. The van der Waals surface area contributed by atoms with E-state index >= 15 is 0 Å². The summed E-state index contributed by atoms with van der Waals surface area (Å²) >= 11 is 0. The van der Waals surface area contributed by atoms with Gasteiger partial charge in [0.2, 0.25) is 5.88 Å². The number of hydrogen-bond acceptors (Lipinski definition) is 4. The number of ether oxygens (including phenoxy) is 1. The molecule has 0 atom stereocenters. The largest absolute Gasteiger partial charge is 0.470 e. The highest BCUT2D eigenvalue weighted by molar-refractivity contribution is 5.11. The lowest BCUT2D eigenvalue weighted by Gasteiger charge is -2.14. The summed E-state index contributed by atoms with van der Waals surface area (Å²) in [6.45, 7) is -1.30. The van der Waals surface area contributed by atoms with E-state index in [1.54, 1.807) is 0 Å².